The number of aromatic nitrogens is 1. The maximum Gasteiger partial charge on any atom is 0.362 e. The number of ether oxygens (including phenoxy) is 2. The Morgan fingerprint density at radius 3 is 1.26 bits per heavy atom. The minimum absolute atomic E-state index is 0.000376. The second-order valence-electron chi connectivity index (χ2n) is 9.52. The highest BCUT2D eigenvalue weighted by atomic mass is 16.5. The van der Waals surface area contributed by atoms with Crippen molar-refractivity contribution in [1.82, 2.24) is 4.98 Å². The van der Waals surface area contributed by atoms with Crippen LogP contribution in [-0.4, -0.2) is 28.5 Å². The zero-order chi connectivity index (χ0) is 29.6. The number of esters is 2. The van der Waals surface area contributed by atoms with E-state index in [1.54, 1.807) is 60.7 Å². The fourth-order valence-corrected chi connectivity index (χ4v) is 4.22. The number of carbonyl (C=O) groups is 4. The van der Waals surface area contributed by atoms with Crippen LogP contribution >= 0.6 is 0 Å². The first-order valence-electron chi connectivity index (χ1n) is 13.1. The van der Waals surface area contributed by atoms with E-state index in [9.17, 15) is 19.2 Å². The molecule has 0 bridgehead atoms. The Hall–Kier alpha value is -5.69. The van der Waals surface area contributed by atoms with E-state index in [0.717, 1.165) is 22.3 Å². The van der Waals surface area contributed by atoms with Gasteiger partial charge in [0.05, 0.1) is 5.56 Å². The maximum absolute atomic E-state index is 12.8. The van der Waals surface area contributed by atoms with Gasteiger partial charge in [0, 0.05) is 17.3 Å². The largest absolute Gasteiger partial charge is 0.423 e. The summed E-state index contributed by atoms with van der Waals surface area (Å²) in [6.07, 6.45) is 1.34. The van der Waals surface area contributed by atoms with Gasteiger partial charge in [-0.25, -0.2) is 14.6 Å². The molecule has 1 heterocycles. The van der Waals surface area contributed by atoms with Gasteiger partial charge in [-0.2, -0.15) is 0 Å². The van der Waals surface area contributed by atoms with Gasteiger partial charge in [0.15, 0.2) is 11.6 Å². The number of rotatable bonds is 8. The fourth-order valence-electron chi connectivity index (χ4n) is 4.22. The van der Waals surface area contributed by atoms with Crippen molar-refractivity contribution >= 4 is 23.5 Å². The molecular formula is C35H25NO6. The molecule has 5 aromatic rings. The predicted octanol–water partition coefficient (Wildman–Crippen LogP) is 7.26. The van der Waals surface area contributed by atoms with Gasteiger partial charge in [-0.1, -0.05) is 72.8 Å². The average Bonchev–Trinajstić information content (AvgIpc) is 3.02. The van der Waals surface area contributed by atoms with Gasteiger partial charge in [-0.3, -0.25) is 9.59 Å². The molecule has 4 aromatic carbocycles. The minimum Gasteiger partial charge on any atom is -0.423 e. The summed E-state index contributed by atoms with van der Waals surface area (Å²) in [5.41, 5.74) is 5.01. The molecule has 42 heavy (non-hydrogen) atoms. The number of hydrogen-bond acceptors (Lipinski definition) is 7. The lowest BCUT2D eigenvalue weighted by molar-refractivity contribution is 0.0728. The summed E-state index contributed by atoms with van der Waals surface area (Å²) in [5, 5.41) is 0. The lowest BCUT2D eigenvalue weighted by atomic mass is 10.0. The molecule has 0 atom stereocenters. The fraction of sp³-hybridized carbons (Fsp3) is 0.0571. The van der Waals surface area contributed by atoms with Gasteiger partial charge in [-0.05, 0) is 72.5 Å². The Morgan fingerprint density at radius 1 is 0.476 bits per heavy atom. The lowest BCUT2D eigenvalue weighted by Crippen LogP contribution is -2.14. The van der Waals surface area contributed by atoms with Crippen LogP contribution < -0.4 is 9.47 Å². The van der Waals surface area contributed by atoms with Crippen molar-refractivity contribution in [3.8, 4) is 33.8 Å². The number of Topliss-reactive ketones (excluding diaryl/α,β-unsaturated/α-hetero) is 2. The van der Waals surface area contributed by atoms with E-state index in [1.807, 2.05) is 36.4 Å². The molecule has 0 saturated heterocycles. The summed E-state index contributed by atoms with van der Waals surface area (Å²) in [4.78, 5) is 52.6. The van der Waals surface area contributed by atoms with Gasteiger partial charge in [0.2, 0.25) is 0 Å². The zero-order valence-electron chi connectivity index (χ0n) is 22.9. The average molecular weight is 556 g/mol. The van der Waals surface area contributed by atoms with Crippen molar-refractivity contribution in [2.75, 3.05) is 0 Å². The summed E-state index contributed by atoms with van der Waals surface area (Å²) in [5.74, 6) is -0.719. The van der Waals surface area contributed by atoms with Crippen LogP contribution in [0.4, 0.5) is 0 Å². The molecule has 0 N–H and O–H groups in total. The highest BCUT2D eigenvalue weighted by Gasteiger charge is 2.16. The summed E-state index contributed by atoms with van der Waals surface area (Å²) in [6.45, 7) is 3.04. The third-order valence-corrected chi connectivity index (χ3v) is 6.58. The van der Waals surface area contributed by atoms with Crippen LogP contribution in [0.1, 0.15) is 55.4 Å². The van der Waals surface area contributed by atoms with Crippen molar-refractivity contribution in [3.63, 3.8) is 0 Å². The van der Waals surface area contributed by atoms with Gasteiger partial charge in [0.1, 0.15) is 17.2 Å². The molecule has 7 nitrogen and oxygen atoms in total. The van der Waals surface area contributed by atoms with E-state index < -0.39 is 11.9 Å². The smallest absolute Gasteiger partial charge is 0.362 e. The van der Waals surface area contributed by atoms with E-state index in [1.165, 1.54) is 32.2 Å². The molecule has 0 spiro atoms. The van der Waals surface area contributed by atoms with Gasteiger partial charge < -0.3 is 9.47 Å². The highest BCUT2D eigenvalue weighted by Crippen LogP contribution is 2.25. The molecule has 5 rings (SSSR count). The molecule has 0 aliphatic heterocycles. The normalized spacial score (nSPS) is 10.5. The third-order valence-electron chi connectivity index (χ3n) is 6.58. The van der Waals surface area contributed by atoms with Crippen molar-refractivity contribution in [2.24, 2.45) is 0 Å². The van der Waals surface area contributed by atoms with Gasteiger partial charge >= 0.3 is 11.9 Å². The summed E-state index contributed by atoms with van der Waals surface area (Å²) in [7, 11) is 0. The lowest BCUT2D eigenvalue weighted by Gasteiger charge is -2.08. The number of ketones is 2. The first kappa shape index (κ1) is 27.9. The van der Waals surface area contributed by atoms with Crippen molar-refractivity contribution < 1.29 is 28.7 Å². The van der Waals surface area contributed by atoms with Gasteiger partial charge in [0.25, 0.3) is 0 Å². The standard InChI is InChI=1S/C35H25NO6/c1-22(37)24-3-7-26(8-4-24)28-11-15-31(16-12-28)41-34(39)30-19-20-36-33(21-30)35(40)42-32-17-13-29(14-18-32)27-9-5-25(6-10-27)23(2)38/h3-21H,1-2H3. The second-order valence-corrected chi connectivity index (χ2v) is 9.52. The Morgan fingerprint density at radius 2 is 0.857 bits per heavy atom. The van der Waals surface area contributed by atoms with Crippen LogP contribution in [0.5, 0.6) is 11.5 Å². The molecule has 1 aromatic heterocycles. The minimum atomic E-state index is -0.719. The molecule has 0 saturated carbocycles. The van der Waals surface area contributed by atoms with E-state index in [2.05, 4.69) is 4.98 Å². The Bertz CT molecular complexity index is 1640. The molecule has 7 heteroatoms. The summed E-state index contributed by atoms with van der Waals surface area (Å²) in [6, 6.07) is 31.2. The summed E-state index contributed by atoms with van der Waals surface area (Å²) < 4.78 is 10.9. The highest BCUT2D eigenvalue weighted by molar-refractivity contribution is 5.96. The van der Waals surface area contributed by atoms with E-state index in [-0.39, 0.29) is 22.8 Å². The molecule has 206 valence electrons. The molecule has 0 aliphatic rings. The quantitative estimate of drug-likeness (QED) is 0.113. The monoisotopic (exact) mass is 555 g/mol. The maximum atomic E-state index is 12.8. The molecule has 0 unspecified atom stereocenters. The third kappa shape index (κ3) is 6.54. The predicted molar refractivity (Wildman–Crippen MR) is 158 cm³/mol. The van der Waals surface area contributed by atoms with Crippen LogP contribution in [0.15, 0.2) is 115 Å². The molecule has 0 radical (unpaired) electrons. The molecule has 0 aliphatic carbocycles. The number of hydrogen-bond donors (Lipinski definition) is 0. The number of nitrogens with zero attached hydrogens (tertiary/aromatic N) is 1. The van der Waals surface area contributed by atoms with Crippen LogP contribution in [0, 0.1) is 0 Å². The molecule has 0 fully saturated rings. The number of benzene rings is 4. The van der Waals surface area contributed by atoms with Crippen LogP contribution in [0.25, 0.3) is 22.3 Å². The number of carbonyl (C=O) groups excluding carboxylic acids is 4. The van der Waals surface area contributed by atoms with Gasteiger partial charge in [-0.15, -0.1) is 0 Å². The Balaban J connectivity index is 1.21. The molecular weight excluding hydrogens is 530 g/mol. The van der Waals surface area contributed by atoms with Crippen molar-refractivity contribution in [3.05, 3.63) is 138 Å². The summed E-state index contributed by atoms with van der Waals surface area (Å²) >= 11 is 0. The SMILES string of the molecule is CC(=O)c1ccc(-c2ccc(OC(=O)c3ccnc(C(=O)Oc4ccc(-c5ccc(C(C)=O)cc5)cc4)c3)cc2)cc1. The zero-order valence-corrected chi connectivity index (χ0v) is 22.9. The van der Waals surface area contributed by atoms with E-state index in [4.69, 9.17) is 9.47 Å². The second kappa shape index (κ2) is 12.2. The van der Waals surface area contributed by atoms with E-state index >= 15 is 0 Å². The first-order valence-corrected chi connectivity index (χ1v) is 13.1. The topological polar surface area (TPSA) is 99.6 Å². The van der Waals surface area contributed by atoms with Crippen LogP contribution in [0.3, 0.4) is 0 Å². The Labute approximate surface area is 242 Å². The number of pyridine rings is 1. The van der Waals surface area contributed by atoms with Crippen molar-refractivity contribution in [2.45, 2.75) is 13.8 Å². The molecule has 0 amide bonds. The van der Waals surface area contributed by atoms with Crippen LogP contribution in [-0.2, 0) is 0 Å². The van der Waals surface area contributed by atoms with Crippen molar-refractivity contribution in [1.29, 1.82) is 0 Å². The first-order chi connectivity index (χ1) is 20.3. The van der Waals surface area contributed by atoms with Crippen LogP contribution in [0.2, 0.25) is 0 Å². The van der Waals surface area contributed by atoms with E-state index in [0.29, 0.717) is 22.6 Å². The Kier molecular flexibility index (Phi) is 8.11.